The van der Waals surface area contributed by atoms with Gasteiger partial charge in [0, 0.05) is 32.4 Å². The van der Waals surface area contributed by atoms with Gasteiger partial charge in [0.1, 0.15) is 6.61 Å². The molecule has 7 heteroatoms. The molecular formula is C17H29NO5Si. The predicted molar refractivity (Wildman–Crippen MR) is 94.7 cm³/mol. The van der Waals surface area contributed by atoms with Gasteiger partial charge in [-0.2, -0.15) is 0 Å². The highest BCUT2D eigenvalue weighted by Crippen LogP contribution is 2.17. The molecule has 0 aromatic heterocycles. The molecule has 0 fully saturated rings. The summed E-state index contributed by atoms with van der Waals surface area (Å²) in [5, 5.41) is 2.75. The van der Waals surface area contributed by atoms with Crippen molar-refractivity contribution in [3.8, 4) is 0 Å². The monoisotopic (exact) mass is 355 g/mol. The van der Waals surface area contributed by atoms with Crippen LogP contribution in [-0.2, 0) is 24.6 Å². The van der Waals surface area contributed by atoms with Gasteiger partial charge in [0.2, 0.25) is 0 Å². The van der Waals surface area contributed by atoms with Gasteiger partial charge in [0.25, 0.3) is 0 Å². The van der Waals surface area contributed by atoms with E-state index in [1.165, 1.54) is 0 Å². The minimum Gasteiger partial charge on any atom is -0.445 e. The van der Waals surface area contributed by atoms with Crippen molar-refractivity contribution in [2.24, 2.45) is 0 Å². The highest BCUT2D eigenvalue weighted by Gasteiger charge is 2.39. The summed E-state index contributed by atoms with van der Waals surface area (Å²) in [5.74, 6) is 0. The molecule has 6 nitrogen and oxygen atoms in total. The summed E-state index contributed by atoms with van der Waals surface area (Å²) < 4.78 is 22.5. The molecule has 1 N–H and O–H groups in total. The first kappa shape index (κ1) is 20.6. The number of hydrogen-bond acceptors (Lipinski definition) is 5. The van der Waals surface area contributed by atoms with Gasteiger partial charge in [0.05, 0.1) is 0 Å². The maximum Gasteiger partial charge on any atom is 0.500 e. The van der Waals surface area contributed by atoms with Crippen LogP contribution in [0, 0.1) is 0 Å². The first-order chi connectivity index (χ1) is 11.7. The smallest absolute Gasteiger partial charge is 0.445 e. The Labute approximate surface area is 145 Å². The third kappa shape index (κ3) is 7.92. The molecule has 0 aliphatic rings. The highest BCUT2D eigenvalue weighted by molar-refractivity contribution is 6.60. The van der Waals surface area contributed by atoms with E-state index in [4.69, 9.17) is 18.0 Å². The van der Waals surface area contributed by atoms with Crippen LogP contribution < -0.4 is 5.32 Å². The van der Waals surface area contributed by atoms with Gasteiger partial charge in [0.15, 0.2) is 0 Å². The number of ether oxygens (including phenoxy) is 1. The van der Waals surface area contributed by atoms with Gasteiger partial charge in [-0.3, -0.25) is 0 Å². The molecule has 0 atom stereocenters. The van der Waals surface area contributed by atoms with Gasteiger partial charge >= 0.3 is 14.9 Å². The largest absolute Gasteiger partial charge is 0.500 e. The molecule has 0 radical (unpaired) electrons. The fraction of sp³-hybridized carbons (Fsp3) is 0.588. The Balaban J connectivity index is 2.29. The van der Waals surface area contributed by atoms with Crippen LogP contribution in [0.4, 0.5) is 4.79 Å². The van der Waals surface area contributed by atoms with Crippen LogP contribution in [0.3, 0.4) is 0 Å². The van der Waals surface area contributed by atoms with Gasteiger partial charge in [-0.15, -0.1) is 0 Å². The van der Waals surface area contributed by atoms with E-state index in [1.807, 2.05) is 51.1 Å². The quantitative estimate of drug-likeness (QED) is 0.460. The maximum atomic E-state index is 11.7. The Bertz CT molecular complexity index is 441. The van der Waals surface area contributed by atoms with Crippen LogP contribution in [0.5, 0.6) is 0 Å². The lowest BCUT2D eigenvalue weighted by atomic mass is 10.2. The van der Waals surface area contributed by atoms with E-state index >= 15 is 0 Å². The molecule has 0 bridgehead atoms. The molecule has 0 saturated carbocycles. The van der Waals surface area contributed by atoms with Gasteiger partial charge < -0.3 is 23.3 Å². The van der Waals surface area contributed by atoms with Crippen molar-refractivity contribution in [3.05, 3.63) is 35.9 Å². The van der Waals surface area contributed by atoms with Crippen LogP contribution in [-0.4, -0.2) is 41.3 Å². The van der Waals surface area contributed by atoms with E-state index < -0.39 is 14.9 Å². The Morgan fingerprint density at radius 1 is 1.00 bits per heavy atom. The van der Waals surface area contributed by atoms with Gasteiger partial charge in [-0.05, 0) is 32.8 Å². The zero-order valence-corrected chi connectivity index (χ0v) is 15.9. The van der Waals surface area contributed by atoms with E-state index in [9.17, 15) is 4.79 Å². The van der Waals surface area contributed by atoms with Crippen LogP contribution in [0.25, 0.3) is 0 Å². The minimum absolute atomic E-state index is 0.266. The molecule has 0 saturated heterocycles. The maximum absolute atomic E-state index is 11.7. The summed E-state index contributed by atoms with van der Waals surface area (Å²) in [6.45, 7) is 8.21. The van der Waals surface area contributed by atoms with E-state index in [0.29, 0.717) is 38.8 Å². The van der Waals surface area contributed by atoms with Crippen molar-refractivity contribution in [2.75, 3.05) is 26.4 Å². The van der Waals surface area contributed by atoms with E-state index in [-0.39, 0.29) is 6.61 Å². The summed E-state index contributed by atoms with van der Waals surface area (Å²) in [6, 6.07) is 10.3. The fourth-order valence-electron chi connectivity index (χ4n) is 2.27. The van der Waals surface area contributed by atoms with Crippen LogP contribution >= 0.6 is 0 Å². The first-order valence-corrected chi connectivity index (χ1v) is 10.4. The van der Waals surface area contributed by atoms with E-state index in [0.717, 1.165) is 5.56 Å². The number of nitrogens with one attached hydrogen (secondary N) is 1. The number of carbonyl (C=O) groups is 1. The number of carbonyl (C=O) groups excluding carboxylic acids is 1. The highest BCUT2D eigenvalue weighted by atomic mass is 28.4. The van der Waals surface area contributed by atoms with Crippen LogP contribution in [0.1, 0.15) is 32.8 Å². The topological polar surface area (TPSA) is 66.0 Å². The minimum atomic E-state index is -2.63. The second-order valence-electron chi connectivity index (χ2n) is 5.07. The zero-order valence-electron chi connectivity index (χ0n) is 14.9. The zero-order chi connectivity index (χ0) is 17.7. The Morgan fingerprint density at radius 3 is 2.12 bits per heavy atom. The van der Waals surface area contributed by atoms with E-state index in [2.05, 4.69) is 5.32 Å². The summed E-state index contributed by atoms with van der Waals surface area (Å²) in [6.07, 6.45) is 0.294. The molecule has 1 amide bonds. The van der Waals surface area contributed by atoms with Gasteiger partial charge in [-0.1, -0.05) is 30.3 Å². The van der Waals surface area contributed by atoms with Crippen LogP contribution in [0.2, 0.25) is 6.04 Å². The van der Waals surface area contributed by atoms with Crippen molar-refractivity contribution in [2.45, 2.75) is 39.8 Å². The average Bonchev–Trinajstić information content (AvgIpc) is 2.59. The van der Waals surface area contributed by atoms with Crippen molar-refractivity contribution in [3.63, 3.8) is 0 Å². The van der Waals surface area contributed by atoms with Crippen molar-refractivity contribution >= 4 is 14.9 Å². The Hall–Kier alpha value is -1.41. The molecule has 0 aliphatic heterocycles. The standard InChI is InChI=1S/C17H29NO5Si/c1-4-21-24(22-5-2,23-6-3)14-10-13-18-17(19)20-15-16-11-8-7-9-12-16/h7-9,11-12H,4-6,10,13-15H2,1-3H3,(H,18,19). The van der Waals surface area contributed by atoms with Gasteiger partial charge in [-0.25, -0.2) is 4.79 Å². The Kier molecular flexibility index (Phi) is 10.3. The number of alkyl carbamates (subject to hydrolysis) is 1. The molecule has 1 aromatic rings. The molecule has 0 heterocycles. The molecule has 0 aliphatic carbocycles. The molecule has 1 aromatic carbocycles. The Morgan fingerprint density at radius 2 is 1.58 bits per heavy atom. The molecule has 0 spiro atoms. The molecule has 136 valence electrons. The molecule has 1 rings (SSSR count). The fourth-order valence-corrected chi connectivity index (χ4v) is 4.88. The molecule has 0 unspecified atom stereocenters. The summed E-state index contributed by atoms with van der Waals surface area (Å²) in [5.41, 5.74) is 0.961. The summed E-state index contributed by atoms with van der Waals surface area (Å²) in [4.78, 5) is 11.7. The van der Waals surface area contributed by atoms with Crippen molar-refractivity contribution in [1.82, 2.24) is 5.32 Å². The number of hydrogen-bond donors (Lipinski definition) is 1. The number of rotatable bonds is 12. The van der Waals surface area contributed by atoms with Crippen molar-refractivity contribution < 1.29 is 22.8 Å². The number of benzene rings is 1. The normalized spacial score (nSPS) is 11.3. The average molecular weight is 356 g/mol. The second-order valence-corrected chi connectivity index (χ2v) is 7.81. The lowest BCUT2D eigenvalue weighted by Gasteiger charge is -2.28. The van der Waals surface area contributed by atoms with E-state index in [1.54, 1.807) is 0 Å². The third-order valence-electron chi connectivity index (χ3n) is 3.23. The third-order valence-corrected chi connectivity index (χ3v) is 6.39. The SMILES string of the molecule is CCO[Si](CCCNC(=O)OCc1ccccc1)(OCC)OCC. The predicted octanol–water partition coefficient (Wildman–Crippen LogP) is 3.35. The molecule has 24 heavy (non-hydrogen) atoms. The van der Waals surface area contributed by atoms with Crippen LogP contribution in [0.15, 0.2) is 30.3 Å². The molecular weight excluding hydrogens is 326 g/mol. The number of amides is 1. The second kappa shape index (κ2) is 12.0. The summed E-state index contributed by atoms with van der Waals surface area (Å²) in [7, 11) is -2.63. The first-order valence-electron chi connectivity index (χ1n) is 8.52. The summed E-state index contributed by atoms with van der Waals surface area (Å²) >= 11 is 0. The lowest BCUT2D eigenvalue weighted by Crippen LogP contribution is -2.46. The van der Waals surface area contributed by atoms with Crippen molar-refractivity contribution in [1.29, 1.82) is 0 Å². The lowest BCUT2D eigenvalue weighted by molar-refractivity contribution is 0.0706.